The smallest absolute Gasteiger partial charge is 0.543 e. The van der Waals surface area contributed by atoms with Gasteiger partial charge in [-0.05, 0) is 0 Å². The minimum absolute atomic E-state index is 0. The average molecular weight is 155 g/mol. The zero-order valence-corrected chi connectivity index (χ0v) is 7.28. The van der Waals surface area contributed by atoms with Crippen LogP contribution in [0.4, 0.5) is 0 Å². The molecule has 0 aromatic heterocycles. The first-order valence-corrected chi connectivity index (χ1v) is 1.07. The van der Waals surface area contributed by atoms with Crippen molar-refractivity contribution in [2.45, 2.75) is 0 Å². The third-order valence-electron chi connectivity index (χ3n) is 0.167. The summed E-state index contributed by atoms with van der Waals surface area (Å²) in [6.07, 6.45) is 0. The van der Waals surface area contributed by atoms with Gasteiger partial charge in [0.2, 0.25) is 0 Å². The van der Waals surface area contributed by atoms with Gasteiger partial charge in [0, 0.05) is 0 Å². The monoisotopic (exact) mass is 155 g/mol. The predicted octanol–water partition coefficient (Wildman–Crippen LogP) is -4.28. The maximum absolute atomic E-state index is 8.93. The van der Waals surface area contributed by atoms with Crippen molar-refractivity contribution in [3.8, 4) is 0 Å². The van der Waals surface area contributed by atoms with Crippen molar-refractivity contribution in [2.75, 3.05) is 0 Å². The van der Waals surface area contributed by atoms with Crippen LogP contribution in [0.2, 0.25) is 0 Å². The van der Waals surface area contributed by atoms with E-state index in [2.05, 4.69) is 0 Å². The van der Waals surface area contributed by atoms with Crippen molar-refractivity contribution in [3.05, 3.63) is 0 Å². The largest absolute Gasteiger partial charge is 3.00 e. The van der Waals surface area contributed by atoms with Gasteiger partial charge in [-0.25, -0.2) is 0 Å². The van der Waals surface area contributed by atoms with Gasteiger partial charge in [-0.1, -0.05) is 0 Å². The summed E-state index contributed by atoms with van der Waals surface area (Å²) in [5.74, 6) is -4.37. The van der Waals surface area contributed by atoms with Crippen LogP contribution in [0.3, 0.4) is 0 Å². The van der Waals surface area contributed by atoms with Crippen LogP contribution in [0.5, 0.6) is 0 Å². The molecule has 0 heterocycles. The number of carbonyl (C=O) groups is 2. The van der Waals surface area contributed by atoms with Crippen molar-refractivity contribution in [1.29, 1.82) is 0 Å². The van der Waals surface area contributed by atoms with Crippen molar-refractivity contribution < 1.29 is 19.8 Å². The molecule has 0 rings (SSSR count). The normalized spacial score (nSPS) is 5.50. The van der Waals surface area contributed by atoms with Crippen molar-refractivity contribution in [2.24, 2.45) is 0 Å². The number of hydrogen-bond acceptors (Lipinski definition) is 4. The molecule has 0 atom stereocenters. The predicted molar refractivity (Wildman–Crippen MR) is 21.5 cm³/mol. The zero-order valence-electron chi connectivity index (χ0n) is 3.92. The Morgan fingerprint density at radius 2 is 1.12 bits per heavy atom. The molecule has 0 saturated heterocycles. The Bertz CT molecular complexity index is 80.0. The Balaban J connectivity index is -0.000000125. The van der Waals surface area contributed by atoms with E-state index in [1.165, 1.54) is 0 Å². The molecule has 0 aromatic rings. The Morgan fingerprint density at radius 1 is 1.00 bits per heavy atom. The van der Waals surface area contributed by atoms with Crippen LogP contribution in [0, 0.1) is 0 Å². The maximum Gasteiger partial charge on any atom is 3.00 e. The molecule has 0 saturated carbocycles. The molecule has 4 nitrogen and oxygen atoms in total. The first-order valence-electron chi connectivity index (χ1n) is 1.07. The van der Waals surface area contributed by atoms with E-state index in [1.807, 2.05) is 0 Å². The minimum Gasteiger partial charge on any atom is -0.543 e. The molecule has 6 heteroatoms. The number of carbonyl (C=O) groups excluding carboxylic acids is 2. The first kappa shape index (κ1) is 15.9. The van der Waals surface area contributed by atoms with Gasteiger partial charge in [-0.2, -0.15) is 0 Å². The zero-order chi connectivity index (χ0) is 5.15. The molecule has 0 amide bonds. The summed E-state index contributed by atoms with van der Waals surface area (Å²) in [5, 5.41) is 17.9. The van der Waals surface area contributed by atoms with Gasteiger partial charge < -0.3 is 19.8 Å². The fraction of sp³-hybridized carbons (Fsp3) is 0. The standard InChI is InChI=1S/C2H2O4.Al.Ca/c3-1(4)2(5)6;;/h(H,3,4)(H,5,6);;/q;+3;+2/p-2. The molecule has 0 bridgehead atoms. The summed E-state index contributed by atoms with van der Waals surface area (Å²) in [4.78, 5) is 17.9. The minimum atomic E-state index is -2.19. The van der Waals surface area contributed by atoms with E-state index >= 15 is 0 Å². The summed E-state index contributed by atoms with van der Waals surface area (Å²) in [5.41, 5.74) is 0. The van der Waals surface area contributed by atoms with E-state index in [0.29, 0.717) is 0 Å². The fourth-order valence-corrected chi connectivity index (χ4v) is 0. The van der Waals surface area contributed by atoms with Crippen LogP contribution in [0.1, 0.15) is 0 Å². The molecule has 0 aromatic carbocycles. The van der Waals surface area contributed by atoms with Crippen molar-refractivity contribution in [3.63, 3.8) is 0 Å². The van der Waals surface area contributed by atoms with E-state index < -0.39 is 11.9 Å². The van der Waals surface area contributed by atoms with Crippen LogP contribution in [-0.4, -0.2) is 67.0 Å². The van der Waals surface area contributed by atoms with Crippen LogP contribution in [0.15, 0.2) is 0 Å². The fourth-order valence-electron chi connectivity index (χ4n) is 0. The second kappa shape index (κ2) is 7.73. The van der Waals surface area contributed by atoms with Crippen LogP contribution in [-0.2, 0) is 9.59 Å². The Kier molecular flexibility index (Phi) is 15.4. The number of aliphatic carboxylic acids is 2. The Hall–Kier alpha value is 0.732. The van der Waals surface area contributed by atoms with Gasteiger partial charge in [-0.3, -0.25) is 0 Å². The van der Waals surface area contributed by atoms with Crippen molar-refractivity contribution >= 4 is 67.0 Å². The molecule has 0 fully saturated rings. The summed E-state index contributed by atoms with van der Waals surface area (Å²) >= 11 is 0. The number of rotatable bonds is 0. The van der Waals surface area contributed by atoms with Gasteiger partial charge in [0.15, 0.2) is 0 Å². The summed E-state index contributed by atoms with van der Waals surface area (Å²) < 4.78 is 0. The number of carboxylic acid groups (broad SMARTS) is 2. The molecule has 34 valence electrons. The molecule has 0 aliphatic rings. The molecule has 0 radical (unpaired) electrons. The van der Waals surface area contributed by atoms with E-state index in [0.717, 1.165) is 0 Å². The molecule has 0 N–H and O–H groups in total. The van der Waals surface area contributed by atoms with Gasteiger partial charge >= 0.3 is 55.1 Å². The molecular weight excluding hydrogens is 155 g/mol. The molecule has 0 aliphatic carbocycles. The number of carboxylic acids is 2. The van der Waals surface area contributed by atoms with Crippen molar-refractivity contribution in [1.82, 2.24) is 0 Å². The Labute approximate surface area is 86.0 Å². The SMILES string of the molecule is O=C([O-])C(=O)[O-].[Al+3].[Ca+2]. The molecular formula is C2AlCaO4+3. The maximum atomic E-state index is 8.93. The third kappa shape index (κ3) is 9.88. The summed E-state index contributed by atoms with van der Waals surface area (Å²) in [6, 6.07) is 0. The second-order valence-electron chi connectivity index (χ2n) is 0.575. The van der Waals surface area contributed by atoms with E-state index in [4.69, 9.17) is 19.8 Å². The summed E-state index contributed by atoms with van der Waals surface area (Å²) in [6.45, 7) is 0. The van der Waals surface area contributed by atoms with Crippen LogP contribution >= 0.6 is 0 Å². The third-order valence-corrected chi connectivity index (χ3v) is 0.167. The molecule has 0 spiro atoms. The quantitative estimate of drug-likeness (QED) is 0.262. The van der Waals surface area contributed by atoms with Gasteiger partial charge in [0.05, 0.1) is 11.9 Å². The molecule has 8 heavy (non-hydrogen) atoms. The van der Waals surface area contributed by atoms with Crippen LogP contribution in [0.25, 0.3) is 0 Å². The summed E-state index contributed by atoms with van der Waals surface area (Å²) in [7, 11) is 0. The van der Waals surface area contributed by atoms with Gasteiger partial charge in [0.25, 0.3) is 0 Å². The first-order chi connectivity index (χ1) is 2.64. The second-order valence-corrected chi connectivity index (χ2v) is 0.575. The molecule has 0 unspecified atom stereocenters. The number of hydrogen-bond donors (Lipinski definition) is 0. The van der Waals surface area contributed by atoms with E-state index in [9.17, 15) is 0 Å². The van der Waals surface area contributed by atoms with Gasteiger partial charge in [0.1, 0.15) is 0 Å². The van der Waals surface area contributed by atoms with Crippen LogP contribution < -0.4 is 10.2 Å². The van der Waals surface area contributed by atoms with Gasteiger partial charge in [-0.15, -0.1) is 0 Å². The molecule has 0 aliphatic heterocycles. The average Bonchev–Trinajstić information content (AvgIpc) is 1.36. The topological polar surface area (TPSA) is 80.3 Å². The Morgan fingerprint density at radius 3 is 1.12 bits per heavy atom. The van der Waals surface area contributed by atoms with E-state index in [1.54, 1.807) is 0 Å². The van der Waals surface area contributed by atoms with E-state index in [-0.39, 0.29) is 55.1 Å².